The number of nitrogens with one attached hydrogen (secondary N) is 1. The van der Waals surface area contributed by atoms with Crippen molar-refractivity contribution < 1.29 is 4.74 Å². The predicted molar refractivity (Wildman–Crippen MR) is 66.6 cm³/mol. The summed E-state index contributed by atoms with van der Waals surface area (Å²) in [5.74, 6) is 0.877. The molecule has 1 rings (SSSR count). The molecule has 5 heteroatoms. The molecule has 16 heavy (non-hydrogen) atoms. The Kier molecular flexibility index (Phi) is 3.80. The molecule has 0 atom stereocenters. The second kappa shape index (κ2) is 4.74. The Morgan fingerprint density at radius 1 is 1.50 bits per heavy atom. The summed E-state index contributed by atoms with van der Waals surface area (Å²) < 4.78 is 7.04. The van der Waals surface area contributed by atoms with E-state index in [2.05, 4.69) is 24.3 Å². The van der Waals surface area contributed by atoms with Gasteiger partial charge >= 0.3 is 0 Å². The van der Waals surface area contributed by atoms with Crippen LogP contribution in [0.3, 0.4) is 0 Å². The highest BCUT2D eigenvalue weighted by atomic mass is 16.5. The largest absolute Gasteiger partial charge is 0.394 e. The summed E-state index contributed by atoms with van der Waals surface area (Å²) in [5, 5.41) is 7.74. The number of anilines is 2. The van der Waals surface area contributed by atoms with E-state index >= 15 is 0 Å². The number of hydrogen-bond donors (Lipinski definition) is 2. The Bertz CT molecular complexity index is 357. The molecule has 1 aromatic rings. The first-order chi connectivity index (χ1) is 7.41. The van der Waals surface area contributed by atoms with Crippen LogP contribution < -0.4 is 11.1 Å². The highest BCUT2D eigenvalue weighted by Crippen LogP contribution is 2.25. The zero-order valence-electron chi connectivity index (χ0n) is 10.8. The molecule has 0 radical (unpaired) electrons. The van der Waals surface area contributed by atoms with E-state index in [4.69, 9.17) is 10.5 Å². The summed E-state index contributed by atoms with van der Waals surface area (Å²) in [6, 6.07) is 0. The first-order valence-corrected chi connectivity index (χ1v) is 5.51. The lowest BCUT2D eigenvalue weighted by atomic mass is 10.1. The molecule has 3 N–H and O–H groups in total. The van der Waals surface area contributed by atoms with E-state index in [0.29, 0.717) is 12.3 Å². The number of ether oxygens (including phenoxy) is 1. The minimum atomic E-state index is -0.164. The van der Waals surface area contributed by atoms with Gasteiger partial charge in [0, 0.05) is 13.7 Å². The average molecular weight is 226 g/mol. The van der Waals surface area contributed by atoms with Gasteiger partial charge in [-0.1, -0.05) is 0 Å². The minimum absolute atomic E-state index is 0.164. The maximum absolute atomic E-state index is 6.00. The van der Waals surface area contributed by atoms with E-state index in [9.17, 15) is 0 Å². The van der Waals surface area contributed by atoms with Crippen molar-refractivity contribution in [3.8, 4) is 0 Å². The molecule has 1 aromatic heterocycles. The van der Waals surface area contributed by atoms with Crippen LogP contribution in [-0.2, 0) is 11.3 Å². The van der Waals surface area contributed by atoms with Gasteiger partial charge in [-0.05, 0) is 27.7 Å². The number of nitrogens with zero attached hydrogens (tertiary/aromatic N) is 2. The third-order valence-electron chi connectivity index (χ3n) is 2.44. The van der Waals surface area contributed by atoms with Crippen LogP contribution in [0.4, 0.5) is 11.5 Å². The lowest BCUT2D eigenvalue weighted by molar-refractivity contribution is 0.158. The summed E-state index contributed by atoms with van der Waals surface area (Å²) in [4.78, 5) is 0. The molecule has 0 amide bonds. The number of rotatable bonds is 5. The Morgan fingerprint density at radius 2 is 2.12 bits per heavy atom. The van der Waals surface area contributed by atoms with Gasteiger partial charge in [0.25, 0.3) is 0 Å². The molecule has 0 aromatic carbocycles. The van der Waals surface area contributed by atoms with Crippen molar-refractivity contribution in [3.05, 3.63) is 5.69 Å². The van der Waals surface area contributed by atoms with E-state index < -0.39 is 0 Å². The van der Waals surface area contributed by atoms with Gasteiger partial charge in [-0.15, -0.1) is 0 Å². The van der Waals surface area contributed by atoms with Gasteiger partial charge in [0.2, 0.25) is 0 Å². The quantitative estimate of drug-likeness (QED) is 0.801. The molecule has 0 saturated carbocycles. The van der Waals surface area contributed by atoms with Gasteiger partial charge in [-0.2, -0.15) is 5.10 Å². The lowest BCUT2D eigenvalue weighted by Crippen LogP contribution is -2.37. The molecular formula is C11H22N4O. The third kappa shape index (κ3) is 2.66. The van der Waals surface area contributed by atoms with Crippen molar-refractivity contribution >= 4 is 11.5 Å². The number of nitrogen functional groups attached to an aromatic ring is 1. The van der Waals surface area contributed by atoms with E-state index in [1.54, 1.807) is 7.11 Å². The van der Waals surface area contributed by atoms with Crippen LogP contribution >= 0.6 is 0 Å². The van der Waals surface area contributed by atoms with Gasteiger partial charge in [0.1, 0.15) is 5.82 Å². The second-order valence-electron chi connectivity index (χ2n) is 4.61. The number of aryl methyl sites for hydroxylation is 2. The molecule has 0 aliphatic heterocycles. The fourth-order valence-electron chi connectivity index (χ4n) is 1.67. The molecule has 92 valence electrons. The fraction of sp³-hybridized carbons (Fsp3) is 0.727. The standard InChI is InChI=1S/C11H22N4O/c1-6-15-10(9(12)8(2)14-15)13-11(3,4)7-16-5/h13H,6-7,12H2,1-5H3. The van der Waals surface area contributed by atoms with Gasteiger partial charge in [0.05, 0.1) is 23.5 Å². The number of aromatic nitrogens is 2. The molecule has 0 spiro atoms. The van der Waals surface area contributed by atoms with Crippen molar-refractivity contribution in [2.24, 2.45) is 0 Å². The molecule has 0 unspecified atom stereocenters. The maximum Gasteiger partial charge on any atom is 0.148 e. The highest BCUT2D eigenvalue weighted by molar-refractivity contribution is 5.65. The van der Waals surface area contributed by atoms with Crippen LogP contribution in [0.5, 0.6) is 0 Å². The van der Waals surface area contributed by atoms with Crippen molar-refractivity contribution in [1.29, 1.82) is 0 Å². The molecule has 5 nitrogen and oxygen atoms in total. The molecule has 0 aliphatic rings. The fourth-order valence-corrected chi connectivity index (χ4v) is 1.67. The molecule has 1 heterocycles. The van der Waals surface area contributed by atoms with Gasteiger partial charge < -0.3 is 15.8 Å². The number of nitrogens with two attached hydrogens (primary N) is 1. The van der Waals surface area contributed by atoms with E-state index in [-0.39, 0.29) is 5.54 Å². The topological polar surface area (TPSA) is 65.1 Å². The normalized spacial score (nSPS) is 11.8. The number of hydrogen-bond acceptors (Lipinski definition) is 4. The predicted octanol–water partition coefficient (Wildman–Crippen LogP) is 1.63. The van der Waals surface area contributed by atoms with Crippen molar-refractivity contribution in [2.75, 3.05) is 24.8 Å². The zero-order valence-corrected chi connectivity index (χ0v) is 10.8. The van der Waals surface area contributed by atoms with Crippen molar-refractivity contribution in [3.63, 3.8) is 0 Å². The van der Waals surface area contributed by atoms with Gasteiger partial charge in [0.15, 0.2) is 0 Å². The summed E-state index contributed by atoms with van der Waals surface area (Å²) >= 11 is 0. The molecule has 0 aliphatic carbocycles. The Balaban J connectivity index is 2.95. The van der Waals surface area contributed by atoms with E-state index in [0.717, 1.165) is 18.1 Å². The SMILES string of the molecule is CCn1nc(C)c(N)c1NC(C)(C)COC. The van der Waals surface area contributed by atoms with Gasteiger partial charge in [-0.25, -0.2) is 4.68 Å². The molecule has 0 saturated heterocycles. The minimum Gasteiger partial charge on any atom is -0.394 e. The molecular weight excluding hydrogens is 204 g/mol. The maximum atomic E-state index is 6.00. The summed E-state index contributed by atoms with van der Waals surface area (Å²) in [5.41, 5.74) is 7.40. The summed E-state index contributed by atoms with van der Waals surface area (Å²) in [6.07, 6.45) is 0. The van der Waals surface area contributed by atoms with Crippen LogP contribution in [0, 0.1) is 6.92 Å². The summed E-state index contributed by atoms with van der Waals surface area (Å²) in [7, 11) is 1.69. The van der Waals surface area contributed by atoms with Crippen LogP contribution in [-0.4, -0.2) is 29.0 Å². The number of methoxy groups -OCH3 is 1. The lowest BCUT2D eigenvalue weighted by Gasteiger charge is -2.27. The molecule has 0 fully saturated rings. The smallest absolute Gasteiger partial charge is 0.148 e. The zero-order chi connectivity index (χ0) is 12.3. The van der Waals surface area contributed by atoms with E-state index in [1.165, 1.54) is 0 Å². The first kappa shape index (κ1) is 12.8. The van der Waals surface area contributed by atoms with E-state index in [1.807, 2.05) is 18.5 Å². The van der Waals surface area contributed by atoms with Crippen molar-refractivity contribution in [2.45, 2.75) is 39.8 Å². The van der Waals surface area contributed by atoms with Crippen LogP contribution in [0.15, 0.2) is 0 Å². The van der Waals surface area contributed by atoms with Crippen LogP contribution in [0.2, 0.25) is 0 Å². The Morgan fingerprint density at radius 3 is 2.62 bits per heavy atom. The molecule has 0 bridgehead atoms. The Hall–Kier alpha value is -1.23. The Labute approximate surface area is 97.0 Å². The average Bonchev–Trinajstić information content (AvgIpc) is 2.45. The van der Waals surface area contributed by atoms with Crippen LogP contribution in [0.25, 0.3) is 0 Å². The first-order valence-electron chi connectivity index (χ1n) is 5.51. The second-order valence-corrected chi connectivity index (χ2v) is 4.61. The van der Waals surface area contributed by atoms with Crippen molar-refractivity contribution in [1.82, 2.24) is 9.78 Å². The monoisotopic (exact) mass is 226 g/mol. The third-order valence-corrected chi connectivity index (χ3v) is 2.44. The van der Waals surface area contributed by atoms with Crippen LogP contribution in [0.1, 0.15) is 26.5 Å². The summed E-state index contributed by atoms with van der Waals surface area (Å²) in [6.45, 7) is 9.50. The van der Waals surface area contributed by atoms with Gasteiger partial charge in [-0.3, -0.25) is 0 Å². The highest BCUT2D eigenvalue weighted by Gasteiger charge is 2.21.